The first-order valence-corrected chi connectivity index (χ1v) is 8.67. The molecule has 1 saturated heterocycles. The van der Waals surface area contributed by atoms with Crippen LogP contribution in [0.25, 0.3) is 11.3 Å². The lowest BCUT2D eigenvalue weighted by Gasteiger charge is -2.15. The zero-order valence-electron chi connectivity index (χ0n) is 14.3. The van der Waals surface area contributed by atoms with Gasteiger partial charge in [-0.3, -0.25) is 4.79 Å². The molecule has 26 heavy (non-hydrogen) atoms. The van der Waals surface area contributed by atoms with Gasteiger partial charge < -0.3 is 14.7 Å². The molecule has 1 N–H and O–H groups in total. The Labute approximate surface area is 151 Å². The lowest BCUT2D eigenvalue weighted by Crippen LogP contribution is -2.25. The molecule has 7 nitrogen and oxygen atoms in total. The normalized spacial score (nSPS) is 13.8. The van der Waals surface area contributed by atoms with Crippen molar-refractivity contribution in [2.24, 2.45) is 0 Å². The molecule has 0 spiro atoms. The van der Waals surface area contributed by atoms with E-state index in [1.807, 2.05) is 42.5 Å². The van der Waals surface area contributed by atoms with Gasteiger partial charge in [-0.2, -0.15) is 0 Å². The number of benzene rings is 1. The van der Waals surface area contributed by atoms with Gasteiger partial charge in [-0.25, -0.2) is 0 Å². The monoisotopic (exact) mass is 349 g/mol. The van der Waals surface area contributed by atoms with E-state index in [2.05, 4.69) is 25.6 Å². The predicted octanol–water partition coefficient (Wildman–Crippen LogP) is 2.66. The van der Waals surface area contributed by atoms with Gasteiger partial charge in [0.2, 0.25) is 0 Å². The molecule has 1 aromatic carbocycles. The molecule has 1 amide bonds. The summed E-state index contributed by atoms with van der Waals surface area (Å²) in [4.78, 5) is 14.4. The van der Waals surface area contributed by atoms with E-state index in [0.29, 0.717) is 17.1 Å². The minimum atomic E-state index is -0.283. The third kappa shape index (κ3) is 3.56. The smallest absolute Gasteiger partial charge is 0.272 e. The van der Waals surface area contributed by atoms with Crippen LogP contribution in [-0.2, 0) is 6.54 Å². The maximum absolute atomic E-state index is 12.2. The van der Waals surface area contributed by atoms with Gasteiger partial charge in [0.1, 0.15) is 5.69 Å². The Balaban J connectivity index is 1.36. The number of nitrogens with one attached hydrogen (secondary N) is 1. The van der Waals surface area contributed by atoms with E-state index >= 15 is 0 Å². The second-order valence-electron chi connectivity index (χ2n) is 6.20. The average molecular weight is 349 g/mol. The van der Waals surface area contributed by atoms with Crippen LogP contribution in [0.1, 0.15) is 29.0 Å². The molecule has 3 heterocycles. The fraction of sp³-hybridized carbons (Fsp3) is 0.263. The molecular weight excluding hydrogens is 330 g/mol. The summed E-state index contributed by atoms with van der Waals surface area (Å²) in [7, 11) is 0. The Hall–Kier alpha value is -3.22. The number of rotatable bonds is 5. The van der Waals surface area contributed by atoms with Crippen LogP contribution in [0.15, 0.2) is 53.1 Å². The summed E-state index contributed by atoms with van der Waals surface area (Å²) in [6.07, 6.45) is 2.35. The Kier molecular flexibility index (Phi) is 4.59. The van der Waals surface area contributed by atoms with Crippen LogP contribution >= 0.6 is 0 Å². The van der Waals surface area contributed by atoms with Crippen LogP contribution in [0.5, 0.6) is 0 Å². The molecular formula is C19H19N5O2. The number of hydrogen-bond acceptors (Lipinski definition) is 6. The molecule has 0 unspecified atom stereocenters. The molecule has 0 atom stereocenters. The molecule has 1 aliphatic heterocycles. The number of amides is 1. The number of aromatic nitrogens is 3. The second-order valence-corrected chi connectivity index (χ2v) is 6.20. The van der Waals surface area contributed by atoms with Gasteiger partial charge in [0.05, 0.1) is 6.54 Å². The highest BCUT2D eigenvalue weighted by atomic mass is 16.5. The molecule has 0 aliphatic carbocycles. The number of carbonyl (C=O) groups is 1. The van der Waals surface area contributed by atoms with Gasteiger partial charge in [0.25, 0.3) is 5.91 Å². The summed E-state index contributed by atoms with van der Waals surface area (Å²) < 4.78 is 5.33. The van der Waals surface area contributed by atoms with Crippen molar-refractivity contribution in [2.45, 2.75) is 19.4 Å². The Bertz CT molecular complexity index is 870. The standard InChI is InChI=1S/C19H19N5O2/c25-19(16-8-9-18(22-21-16)24-10-4-5-11-24)20-13-15-12-17(26-23-15)14-6-2-1-3-7-14/h1-3,6-9,12H,4-5,10-11,13H2,(H,20,25). The van der Waals surface area contributed by atoms with Crippen LogP contribution < -0.4 is 10.2 Å². The summed E-state index contributed by atoms with van der Waals surface area (Å²) in [5, 5.41) is 15.0. The summed E-state index contributed by atoms with van der Waals surface area (Å²) >= 11 is 0. The SMILES string of the molecule is O=C(NCc1cc(-c2ccccc2)on1)c1ccc(N2CCCC2)nn1. The lowest BCUT2D eigenvalue weighted by atomic mass is 10.2. The van der Waals surface area contributed by atoms with Gasteiger partial charge in [-0.1, -0.05) is 35.5 Å². The van der Waals surface area contributed by atoms with Gasteiger partial charge in [0, 0.05) is 24.7 Å². The first kappa shape index (κ1) is 16.3. The van der Waals surface area contributed by atoms with E-state index in [9.17, 15) is 4.79 Å². The van der Waals surface area contributed by atoms with E-state index in [1.165, 1.54) is 12.8 Å². The van der Waals surface area contributed by atoms with Gasteiger partial charge >= 0.3 is 0 Å². The number of hydrogen-bond donors (Lipinski definition) is 1. The largest absolute Gasteiger partial charge is 0.356 e. The highest BCUT2D eigenvalue weighted by Gasteiger charge is 2.15. The van der Waals surface area contributed by atoms with Crippen molar-refractivity contribution >= 4 is 11.7 Å². The fourth-order valence-corrected chi connectivity index (χ4v) is 2.96. The maximum atomic E-state index is 12.2. The van der Waals surface area contributed by atoms with Crippen molar-refractivity contribution < 1.29 is 9.32 Å². The van der Waals surface area contributed by atoms with Crippen LogP contribution in [0.3, 0.4) is 0 Å². The van der Waals surface area contributed by atoms with E-state index in [0.717, 1.165) is 24.5 Å². The minimum absolute atomic E-state index is 0.269. The van der Waals surface area contributed by atoms with Gasteiger partial charge in [0.15, 0.2) is 17.3 Å². The van der Waals surface area contributed by atoms with Crippen molar-refractivity contribution in [3.8, 4) is 11.3 Å². The zero-order chi connectivity index (χ0) is 17.8. The molecule has 1 fully saturated rings. The maximum Gasteiger partial charge on any atom is 0.272 e. The summed E-state index contributed by atoms with van der Waals surface area (Å²) in [5.74, 6) is 1.21. The summed E-state index contributed by atoms with van der Waals surface area (Å²) in [6.45, 7) is 2.26. The minimum Gasteiger partial charge on any atom is -0.356 e. The van der Waals surface area contributed by atoms with Crippen LogP contribution in [0.2, 0.25) is 0 Å². The van der Waals surface area contributed by atoms with Crippen molar-refractivity contribution in [3.05, 3.63) is 59.9 Å². The molecule has 132 valence electrons. The lowest BCUT2D eigenvalue weighted by molar-refractivity contribution is 0.0944. The number of anilines is 1. The van der Waals surface area contributed by atoms with Gasteiger partial charge in [-0.05, 0) is 25.0 Å². The van der Waals surface area contributed by atoms with Crippen molar-refractivity contribution in [1.29, 1.82) is 0 Å². The molecule has 4 rings (SSSR count). The van der Waals surface area contributed by atoms with Crippen molar-refractivity contribution in [1.82, 2.24) is 20.7 Å². The predicted molar refractivity (Wildman–Crippen MR) is 96.6 cm³/mol. The van der Waals surface area contributed by atoms with E-state index < -0.39 is 0 Å². The third-order valence-electron chi connectivity index (χ3n) is 4.36. The average Bonchev–Trinajstić information content (AvgIpc) is 3.39. The van der Waals surface area contributed by atoms with Gasteiger partial charge in [-0.15, -0.1) is 10.2 Å². The molecule has 3 aromatic rings. The zero-order valence-corrected chi connectivity index (χ0v) is 14.3. The number of nitrogens with zero attached hydrogens (tertiary/aromatic N) is 4. The summed E-state index contributed by atoms with van der Waals surface area (Å²) in [6, 6.07) is 15.1. The van der Waals surface area contributed by atoms with Crippen molar-refractivity contribution in [2.75, 3.05) is 18.0 Å². The van der Waals surface area contributed by atoms with E-state index in [-0.39, 0.29) is 12.5 Å². The molecule has 0 radical (unpaired) electrons. The second kappa shape index (κ2) is 7.35. The van der Waals surface area contributed by atoms with Crippen LogP contribution in [-0.4, -0.2) is 34.4 Å². The van der Waals surface area contributed by atoms with Crippen LogP contribution in [0.4, 0.5) is 5.82 Å². The summed E-state index contributed by atoms with van der Waals surface area (Å²) in [5.41, 5.74) is 1.89. The molecule has 7 heteroatoms. The van der Waals surface area contributed by atoms with E-state index in [1.54, 1.807) is 6.07 Å². The highest BCUT2D eigenvalue weighted by Crippen LogP contribution is 2.20. The topological polar surface area (TPSA) is 84.2 Å². The molecule has 0 bridgehead atoms. The molecule has 0 saturated carbocycles. The first-order chi connectivity index (χ1) is 12.8. The quantitative estimate of drug-likeness (QED) is 0.762. The first-order valence-electron chi connectivity index (χ1n) is 8.67. The Morgan fingerprint density at radius 2 is 1.88 bits per heavy atom. The highest BCUT2D eigenvalue weighted by molar-refractivity contribution is 5.92. The number of carbonyl (C=O) groups excluding carboxylic acids is 1. The Morgan fingerprint density at radius 3 is 2.62 bits per heavy atom. The molecule has 1 aliphatic rings. The fourth-order valence-electron chi connectivity index (χ4n) is 2.96. The van der Waals surface area contributed by atoms with Crippen molar-refractivity contribution in [3.63, 3.8) is 0 Å². The third-order valence-corrected chi connectivity index (χ3v) is 4.36. The van der Waals surface area contributed by atoms with E-state index in [4.69, 9.17) is 4.52 Å². The molecule has 2 aromatic heterocycles. The van der Waals surface area contributed by atoms with Crippen LogP contribution in [0, 0.1) is 0 Å². The Morgan fingerprint density at radius 1 is 1.08 bits per heavy atom.